The van der Waals surface area contributed by atoms with Gasteiger partial charge in [0, 0.05) is 24.3 Å². The number of ether oxygens (including phenoxy) is 2. The second-order valence-corrected chi connectivity index (χ2v) is 4.55. The summed E-state index contributed by atoms with van der Waals surface area (Å²) in [5, 5.41) is 3.40. The van der Waals surface area contributed by atoms with Crippen LogP contribution in [0.5, 0.6) is 11.5 Å². The lowest BCUT2D eigenvalue weighted by Gasteiger charge is -2.32. The Bertz CT molecular complexity index is 376. The number of hydrogen-bond donors (Lipinski definition) is 2. The summed E-state index contributed by atoms with van der Waals surface area (Å²) in [6.07, 6.45) is 2.25. The maximum atomic E-state index is 5.76. The Balaban J connectivity index is 1.92. The van der Waals surface area contributed by atoms with Gasteiger partial charge in [-0.15, -0.1) is 0 Å². The predicted molar refractivity (Wildman–Crippen MR) is 68.7 cm³/mol. The quantitative estimate of drug-likeness (QED) is 0.819. The normalized spacial score (nSPS) is 22.8. The van der Waals surface area contributed by atoms with Crippen LogP contribution in [-0.4, -0.2) is 26.8 Å². The molecule has 1 aromatic rings. The van der Waals surface area contributed by atoms with Gasteiger partial charge in [-0.1, -0.05) is 0 Å². The number of rotatable bonds is 5. The molecule has 17 heavy (non-hydrogen) atoms. The van der Waals surface area contributed by atoms with E-state index in [2.05, 4.69) is 5.32 Å². The Morgan fingerprint density at radius 2 is 1.94 bits per heavy atom. The minimum absolute atomic E-state index is 0.409. The molecule has 0 radical (unpaired) electrons. The molecule has 4 nitrogen and oxygen atoms in total. The summed E-state index contributed by atoms with van der Waals surface area (Å²) < 4.78 is 10.4. The minimum Gasteiger partial charge on any atom is -0.493 e. The van der Waals surface area contributed by atoms with Crippen LogP contribution >= 0.6 is 0 Å². The lowest BCUT2D eigenvalue weighted by molar-refractivity contribution is 0.280. The van der Waals surface area contributed by atoms with Gasteiger partial charge in [0.2, 0.25) is 0 Å². The van der Waals surface area contributed by atoms with E-state index < -0.39 is 0 Å². The molecule has 0 unspecified atom stereocenters. The Kier molecular flexibility index (Phi) is 3.74. The summed E-state index contributed by atoms with van der Waals surface area (Å²) in [5.41, 5.74) is 6.82. The van der Waals surface area contributed by atoms with E-state index in [1.165, 1.54) is 0 Å². The molecule has 0 aromatic heterocycles. The highest BCUT2D eigenvalue weighted by Crippen LogP contribution is 2.31. The SMILES string of the molecule is COc1ccc(NCC2CC(N)C2)cc1OC. The topological polar surface area (TPSA) is 56.5 Å². The molecule has 0 bridgehead atoms. The van der Waals surface area contributed by atoms with Crippen LogP contribution in [-0.2, 0) is 0 Å². The maximum Gasteiger partial charge on any atom is 0.162 e. The molecule has 0 atom stereocenters. The van der Waals surface area contributed by atoms with Crippen molar-refractivity contribution in [2.45, 2.75) is 18.9 Å². The third kappa shape index (κ3) is 2.82. The van der Waals surface area contributed by atoms with Gasteiger partial charge >= 0.3 is 0 Å². The summed E-state index contributed by atoms with van der Waals surface area (Å²) >= 11 is 0. The monoisotopic (exact) mass is 236 g/mol. The van der Waals surface area contributed by atoms with Gasteiger partial charge in [0.25, 0.3) is 0 Å². The van der Waals surface area contributed by atoms with Crippen molar-refractivity contribution < 1.29 is 9.47 Å². The molecule has 0 saturated heterocycles. The average Bonchev–Trinajstić information content (AvgIpc) is 2.32. The van der Waals surface area contributed by atoms with Gasteiger partial charge in [-0.2, -0.15) is 0 Å². The van der Waals surface area contributed by atoms with Gasteiger partial charge in [0.05, 0.1) is 14.2 Å². The zero-order valence-electron chi connectivity index (χ0n) is 10.4. The highest BCUT2D eigenvalue weighted by atomic mass is 16.5. The summed E-state index contributed by atoms with van der Waals surface area (Å²) in [4.78, 5) is 0. The molecule has 1 saturated carbocycles. The molecule has 0 spiro atoms. The van der Waals surface area contributed by atoms with E-state index in [1.807, 2.05) is 18.2 Å². The second-order valence-electron chi connectivity index (χ2n) is 4.55. The Hall–Kier alpha value is -1.42. The molecule has 1 aliphatic rings. The maximum absolute atomic E-state index is 5.76. The van der Waals surface area contributed by atoms with Crippen molar-refractivity contribution >= 4 is 5.69 Å². The largest absolute Gasteiger partial charge is 0.493 e. The Labute approximate surface area is 102 Å². The smallest absolute Gasteiger partial charge is 0.162 e. The van der Waals surface area contributed by atoms with Gasteiger partial charge in [0.1, 0.15) is 0 Å². The lowest BCUT2D eigenvalue weighted by Crippen LogP contribution is -2.39. The third-order valence-corrected chi connectivity index (χ3v) is 3.25. The average molecular weight is 236 g/mol. The molecule has 1 aromatic carbocycles. The molecule has 4 heteroatoms. The number of anilines is 1. The van der Waals surface area contributed by atoms with Gasteiger partial charge < -0.3 is 20.5 Å². The van der Waals surface area contributed by atoms with E-state index in [1.54, 1.807) is 14.2 Å². The van der Waals surface area contributed by atoms with E-state index >= 15 is 0 Å². The standard InChI is InChI=1S/C13H20N2O2/c1-16-12-4-3-11(7-13(12)17-2)15-8-9-5-10(14)6-9/h3-4,7,9-10,15H,5-6,8,14H2,1-2H3. The van der Waals surface area contributed by atoms with E-state index in [0.29, 0.717) is 12.0 Å². The van der Waals surface area contributed by atoms with E-state index in [4.69, 9.17) is 15.2 Å². The second kappa shape index (κ2) is 5.27. The number of methoxy groups -OCH3 is 2. The molecule has 2 rings (SSSR count). The number of nitrogens with one attached hydrogen (secondary N) is 1. The number of benzene rings is 1. The highest BCUT2D eigenvalue weighted by Gasteiger charge is 2.25. The molecular weight excluding hydrogens is 216 g/mol. The Morgan fingerprint density at radius 1 is 1.24 bits per heavy atom. The van der Waals surface area contributed by atoms with Gasteiger partial charge in [-0.25, -0.2) is 0 Å². The fourth-order valence-electron chi connectivity index (χ4n) is 2.16. The van der Waals surface area contributed by atoms with Crippen LogP contribution in [0.3, 0.4) is 0 Å². The van der Waals surface area contributed by atoms with Crippen LogP contribution in [0.25, 0.3) is 0 Å². The molecule has 94 valence electrons. The van der Waals surface area contributed by atoms with Crippen LogP contribution in [0, 0.1) is 5.92 Å². The van der Waals surface area contributed by atoms with Crippen molar-refractivity contribution in [3.8, 4) is 11.5 Å². The van der Waals surface area contributed by atoms with Crippen molar-refractivity contribution in [3.05, 3.63) is 18.2 Å². The van der Waals surface area contributed by atoms with Crippen molar-refractivity contribution in [3.63, 3.8) is 0 Å². The third-order valence-electron chi connectivity index (χ3n) is 3.25. The van der Waals surface area contributed by atoms with Gasteiger partial charge in [0.15, 0.2) is 11.5 Å². The first kappa shape index (κ1) is 12.0. The zero-order valence-corrected chi connectivity index (χ0v) is 10.4. The summed E-state index contributed by atoms with van der Waals surface area (Å²) in [5.74, 6) is 2.21. The first-order chi connectivity index (χ1) is 8.22. The number of nitrogens with two attached hydrogens (primary N) is 1. The predicted octanol–water partition coefficient (Wildman–Crippen LogP) is 1.85. The van der Waals surface area contributed by atoms with Crippen LogP contribution in [0.2, 0.25) is 0 Å². The van der Waals surface area contributed by atoms with Gasteiger partial charge in [-0.05, 0) is 30.9 Å². The molecule has 0 heterocycles. The van der Waals surface area contributed by atoms with Gasteiger partial charge in [-0.3, -0.25) is 0 Å². The van der Waals surface area contributed by atoms with Crippen molar-refractivity contribution in [1.29, 1.82) is 0 Å². The molecule has 3 N–H and O–H groups in total. The molecule has 0 amide bonds. The molecular formula is C13H20N2O2. The summed E-state index contributed by atoms with van der Waals surface area (Å²) in [7, 11) is 3.29. The van der Waals surface area contributed by atoms with Crippen LogP contribution < -0.4 is 20.5 Å². The van der Waals surface area contributed by atoms with Crippen LogP contribution in [0.15, 0.2) is 18.2 Å². The first-order valence-electron chi connectivity index (χ1n) is 5.94. The zero-order chi connectivity index (χ0) is 12.3. The number of hydrogen-bond acceptors (Lipinski definition) is 4. The fraction of sp³-hybridized carbons (Fsp3) is 0.538. The minimum atomic E-state index is 0.409. The van der Waals surface area contributed by atoms with Crippen LogP contribution in [0.1, 0.15) is 12.8 Å². The van der Waals surface area contributed by atoms with Crippen molar-refractivity contribution in [1.82, 2.24) is 0 Å². The summed E-state index contributed by atoms with van der Waals surface area (Å²) in [6, 6.07) is 6.28. The van der Waals surface area contributed by atoms with E-state index in [-0.39, 0.29) is 0 Å². The summed E-state index contributed by atoms with van der Waals surface area (Å²) in [6.45, 7) is 0.975. The molecule has 1 aliphatic carbocycles. The highest BCUT2D eigenvalue weighted by molar-refractivity contribution is 5.54. The van der Waals surface area contributed by atoms with Crippen molar-refractivity contribution in [2.24, 2.45) is 11.7 Å². The fourth-order valence-corrected chi connectivity index (χ4v) is 2.16. The molecule has 0 aliphatic heterocycles. The van der Waals surface area contributed by atoms with Crippen LogP contribution in [0.4, 0.5) is 5.69 Å². The first-order valence-corrected chi connectivity index (χ1v) is 5.94. The van der Waals surface area contributed by atoms with E-state index in [9.17, 15) is 0 Å². The van der Waals surface area contributed by atoms with Crippen molar-refractivity contribution in [2.75, 3.05) is 26.1 Å². The lowest BCUT2D eigenvalue weighted by atomic mass is 9.81. The Morgan fingerprint density at radius 3 is 2.53 bits per heavy atom. The molecule has 1 fully saturated rings. The van der Waals surface area contributed by atoms with E-state index in [0.717, 1.165) is 36.6 Å².